The summed E-state index contributed by atoms with van der Waals surface area (Å²) >= 11 is 0. The SMILES string of the molecule is COCCC1(CNc2nc3ccc(C(=O)O)cc3o2)CC1. The first kappa shape index (κ1) is 13.9. The predicted octanol–water partition coefficient (Wildman–Crippen LogP) is 2.75. The average Bonchev–Trinajstić information content (AvgIpc) is 3.13. The quantitative estimate of drug-likeness (QED) is 0.815. The third-order valence-corrected chi connectivity index (χ3v) is 4.04. The molecule has 2 N–H and O–H groups in total. The summed E-state index contributed by atoms with van der Waals surface area (Å²) in [6, 6.07) is 5.12. The van der Waals surface area contributed by atoms with E-state index in [4.69, 9.17) is 14.3 Å². The van der Waals surface area contributed by atoms with Crippen molar-refractivity contribution in [1.82, 2.24) is 4.98 Å². The van der Waals surface area contributed by atoms with Crippen LogP contribution in [-0.2, 0) is 4.74 Å². The molecule has 0 unspecified atom stereocenters. The third kappa shape index (κ3) is 3.00. The molecule has 21 heavy (non-hydrogen) atoms. The van der Waals surface area contributed by atoms with Crippen LogP contribution in [0, 0.1) is 5.41 Å². The second-order valence-corrected chi connectivity index (χ2v) is 5.60. The summed E-state index contributed by atoms with van der Waals surface area (Å²) in [6.45, 7) is 1.56. The number of hydrogen-bond donors (Lipinski definition) is 2. The Hall–Kier alpha value is -2.08. The number of rotatable bonds is 7. The Balaban J connectivity index is 1.69. The van der Waals surface area contributed by atoms with Gasteiger partial charge in [-0.05, 0) is 42.9 Å². The number of methoxy groups -OCH3 is 1. The highest BCUT2D eigenvalue weighted by Gasteiger charge is 2.42. The summed E-state index contributed by atoms with van der Waals surface area (Å²) in [4.78, 5) is 15.3. The van der Waals surface area contributed by atoms with Crippen LogP contribution in [-0.4, -0.2) is 36.3 Å². The monoisotopic (exact) mass is 290 g/mol. The minimum absolute atomic E-state index is 0.198. The highest BCUT2D eigenvalue weighted by atomic mass is 16.5. The number of aromatic carboxylic acids is 1. The molecule has 2 aromatic rings. The molecule has 1 aliphatic carbocycles. The lowest BCUT2D eigenvalue weighted by molar-refractivity contribution is 0.0697. The second-order valence-electron chi connectivity index (χ2n) is 5.60. The fourth-order valence-electron chi connectivity index (χ4n) is 2.41. The normalized spacial score (nSPS) is 16.0. The molecule has 1 aromatic heterocycles. The van der Waals surface area contributed by atoms with Gasteiger partial charge in [0.25, 0.3) is 6.01 Å². The number of nitrogens with one attached hydrogen (secondary N) is 1. The smallest absolute Gasteiger partial charge is 0.335 e. The summed E-state index contributed by atoms with van der Waals surface area (Å²) in [5, 5.41) is 12.2. The van der Waals surface area contributed by atoms with Crippen molar-refractivity contribution < 1.29 is 19.1 Å². The van der Waals surface area contributed by atoms with Crippen LogP contribution in [0.1, 0.15) is 29.6 Å². The molecule has 0 aliphatic heterocycles. The van der Waals surface area contributed by atoms with Crippen LogP contribution in [0.25, 0.3) is 11.1 Å². The van der Waals surface area contributed by atoms with E-state index in [2.05, 4.69) is 10.3 Å². The Kier molecular flexibility index (Phi) is 3.55. The summed E-state index contributed by atoms with van der Waals surface area (Å²) in [7, 11) is 1.71. The second kappa shape index (κ2) is 5.37. The molecule has 6 nitrogen and oxygen atoms in total. The van der Waals surface area contributed by atoms with Gasteiger partial charge in [-0.2, -0.15) is 4.98 Å². The highest BCUT2D eigenvalue weighted by molar-refractivity contribution is 5.92. The van der Waals surface area contributed by atoms with Gasteiger partial charge in [0.1, 0.15) is 5.52 Å². The van der Waals surface area contributed by atoms with E-state index < -0.39 is 5.97 Å². The van der Waals surface area contributed by atoms with Crippen molar-refractivity contribution in [1.29, 1.82) is 0 Å². The van der Waals surface area contributed by atoms with Gasteiger partial charge in [-0.1, -0.05) is 0 Å². The molecule has 0 amide bonds. The van der Waals surface area contributed by atoms with Crippen molar-refractivity contribution in [2.24, 2.45) is 5.41 Å². The Bertz CT molecular complexity index is 661. The maximum Gasteiger partial charge on any atom is 0.335 e. The van der Waals surface area contributed by atoms with Gasteiger partial charge in [0.2, 0.25) is 0 Å². The van der Waals surface area contributed by atoms with Crippen LogP contribution < -0.4 is 5.32 Å². The maximum absolute atomic E-state index is 10.9. The van der Waals surface area contributed by atoms with Gasteiger partial charge in [-0.15, -0.1) is 0 Å². The number of anilines is 1. The third-order valence-electron chi connectivity index (χ3n) is 4.04. The molecule has 1 fully saturated rings. The van der Waals surface area contributed by atoms with Gasteiger partial charge in [-0.25, -0.2) is 4.79 Å². The van der Waals surface area contributed by atoms with Crippen LogP contribution in [0.4, 0.5) is 6.01 Å². The minimum atomic E-state index is -0.973. The van der Waals surface area contributed by atoms with E-state index >= 15 is 0 Å². The van der Waals surface area contributed by atoms with E-state index in [0.29, 0.717) is 22.5 Å². The van der Waals surface area contributed by atoms with Crippen molar-refractivity contribution in [2.75, 3.05) is 25.6 Å². The Morgan fingerprint density at radius 2 is 2.33 bits per heavy atom. The number of carboxylic acid groups (broad SMARTS) is 1. The fourth-order valence-corrected chi connectivity index (χ4v) is 2.41. The number of aromatic nitrogens is 1. The van der Waals surface area contributed by atoms with Gasteiger partial charge in [0.15, 0.2) is 5.58 Å². The lowest BCUT2D eigenvalue weighted by atomic mass is 10.0. The van der Waals surface area contributed by atoms with Crippen molar-refractivity contribution >= 4 is 23.1 Å². The Labute approximate surface area is 122 Å². The number of hydrogen-bond acceptors (Lipinski definition) is 5. The molecule has 0 saturated heterocycles. The van der Waals surface area contributed by atoms with Crippen molar-refractivity contribution in [3.8, 4) is 0 Å². The number of ether oxygens (including phenoxy) is 1. The molecule has 0 bridgehead atoms. The van der Waals surface area contributed by atoms with Gasteiger partial charge < -0.3 is 19.6 Å². The number of carbonyl (C=O) groups is 1. The van der Waals surface area contributed by atoms with E-state index in [1.807, 2.05) is 0 Å². The van der Waals surface area contributed by atoms with Gasteiger partial charge >= 0.3 is 5.97 Å². The van der Waals surface area contributed by atoms with E-state index in [1.54, 1.807) is 13.2 Å². The van der Waals surface area contributed by atoms with E-state index in [-0.39, 0.29) is 5.56 Å². The van der Waals surface area contributed by atoms with Crippen molar-refractivity contribution in [3.63, 3.8) is 0 Å². The van der Waals surface area contributed by atoms with E-state index in [0.717, 1.165) is 19.6 Å². The summed E-state index contributed by atoms with van der Waals surface area (Å²) in [6.07, 6.45) is 3.40. The first-order valence-corrected chi connectivity index (χ1v) is 6.99. The topological polar surface area (TPSA) is 84.6 Å². The van der Waals surface area contributed by atoms with Gasteiger partial charge in [0.05, 0.1) is 5.56 Å². The van der Waals surface area contributed by atoms with Crippen molar-refractivity contribution in [2.45, 2.75) is 19.3 Å². The molecular formula is C15H18N2O4. The first-order chi connectivity index (χ1) is 10.1. The molecule has 112 valence electrons. The Morgan fingerprint density at radius 1 is 1.52 bits per heavy atom. The largest absolute Gasteiger partial charge is 0.478 e. The molecule has 0 spiro atoms. The summed E-state index contributed by atoms with van der Waals surface area (Å²) in [5.74, 6) is -0.973. The van der Waals surface area contributed by atoms with Crippen LogP contribution >= 0.6 is 0 Å². The molecule has 1 aromatic carbocycles. The molecule has 6 heteroatoms. The summed E-state index contributed by atoms with van der Waals surface area (Å²) < 4.78 is 10.7. The van der Waals surface area contributed by atoms with Crippen molar-refractivity contribution in [3.05, 3.63) is 23.8 Å². The number of nitrogens with zero attached hydrogens (tertiary/aromatic N) is 1. The minimum Gasteiger partial charge on any atom is -0.478 e. The zero-order valence-electron chi connectivity index (χ0n) is 11.9. The molecule has 0 radical (unpaired) electrons. The molecule has 0 atom stereocenters. The number of carboxylic acids is 1. The van der Waals surface area contributed by atoms with Crippen LogP contribution in [0.3, 0.4) is 0 Å². The predicted molar refractivity (Wildman–Crippen MR) is 77.6 cm³/mol. The fraction of sp³-hybridized carbons (Fsp3) is 0.467. The molecule has 1 heterocycles. The Morgan fingerprint density at radius 3 is 3.00 bits per heavy atom. The first-order valence-electron chi connectivity index (χ1n) is 6.99. The van der Waals surface area contributed by atoms with E-state index in [1.165, 1.54) is 25.0 Å². The van der Waals surface area contributed by atoms with E-state index in [9.17, 15) is 4.79 Å². The summed E-state index contributed by atoms with van der Waals surface area (Å²) in [5.41, 5.74) is 1.63. The number of fused-ring (bicyclic) bond motifs is 1. The lowest BCUT2D eigenvalue weighted by Crippen LogP contribution is -2.17. The number of benzene rings is 1. The van der Waals surface area contributed by atoms with Crippen LogP contribution in [0.2, 0.25) is 0 Å². The molecular weight excluding hydrogens is 272 g/mol. The van der Waals surface area contributed by atoms with Gasteiger partial charge in [0, 0.05) is 20.3 Å². The van der Waals surface area contributed by atoms with Crippen LogP contribution in [0.15, 0.2) is 22.6 Å². The average molecular weight is 290 g/mol. The standard InChI is InChI=1S/C15H18N2O4/c1-20-7-6-15(4-5-15)9-16-14-17-11-3-2-10(13(18)19)8-12(11)21-14/h2-3,8H,4-7,9H2,1H3,(H,16,17)(H,18,19). The molecule has 1 saturated carbocycles. The lowest BCUT2D eigenvalue weighted by Gasteiger charge is -2.14. The maximum atomic E-state index is 10.9. The zero-order chi connectivity index (χ0) is 14.9. The molecule has 1 aliphatic rings. The van der Waals surface area contributed by atoms with Crippen LogP contribution in [0.5, 0.6) is 0 Å². The van der Waals surface area contributed by atoms with Gasteiger partial charge in [-0.3, -0.25) is 0 Å². The number of oxazole rings is 1. The highest BCUT2D eigenvalue weighted by Crippen LogP contribution is 2.48. The molecule has 3 rings (SSSR count). The zero-order valence-corrected chi connectivity index (χ0v) is 11.9.